The van der Waals surface area contributed by atoms with E-state index in [4.69, 9.17) is 5.11 Å². The lowest BCUT2D eigenvalue weighted by Gasteiger charge is -2.16. The van der Waals surface area contributed by atoms with Gasteiger partial charge in [-0.05, 0) is 25.0 Å². The van der Waals surface area contributed by atoms with E-state index in [1.54, 1.807) is 0 Å². The quantitative estimate of drug-likeness (QED) is 0.410. The van der Waals surface area contributed by atoms with Gasteiger partial charge in [0.1, 0.15) is 12.4 Å². The first kappa shape index (κ1) is 14.1. The Kier molecular flexibility index (Phi) is 5.79. The Morgan fingerprint density at radius 2 is 2.00 bits per heavy atom. The first-order valence-electron chi connectivity index (χ1n) is 5.68. The van der Waals surface area contributed by atoms with Gasteiger partial charge in [0.15, 0.2) is 0 Å². The maximum atomic E-state index is 10.5. The van der Waals surface area contributed by atoms with Gasteiger partial charge in [0, 0.05) is 10.6 Å². The van der Waals surface area contributed by atoms with Gasteiger partial charge in [-0.2, -0.15) is 0 Å². The minimum Gasteiger partial charge on any atom is -0.386 e. The molecule has 2 atom stereocenters. The van der Waals surface area contributed by atoms with Crippen molar-refractivity contribution in [1.82, 2.24) is 0 Å². The highest BCUT2D eigenvalue weighted by Crippen LogP contribution is 2.11. The van der Waals surface area contributed by atoms with Crippen LogP contribution in [0.25, 0.3) is 0 Å². The van der Waals surface area contributed by atoms with Crippen LogP contribution < -0.4 is 5.32 Å². The van der Waals surface area contributed by atoms with Gasteiger partial charge >= 0.3 is 0 Å². The zero-order chi connectivity index (χ0) is 13.4. The first-order chi connectivity index (χ1) is 8.61. The van der Waals surface area contributed by atoms with Crippen LogP contribution in [-0.2, 0) is 4.79 Å². The molecule has 0 fully saturated rings. The molecule has 0 aliphatic rings. The molecule has 0 aromatic heterocycles. The van der Waals surface area contributed by atoms with Crippen LogP contribution in [-0.4, -0.2) is 35.0 Å². The third kappa shape index (κ3) is 5.40. The fourth-order valence-corrected chi connectivity index (χ4v) is 1.60. The Hall–Kier alpha value is -1.95. The molecule has 1 rings (SSSR count). The number of carbonyl (C=O) groups is 1. The molecule has 0 aliphatic carbocycles. The van der Waals surface area contributed by atoms with E-state index in [0.29, 0.717) is 12.7 Å². The smallest absolute Gasteiger partial charge is 0.223 e. The Morgan fingerprint density at radius 3 is 2.56 bits per heavy atom. The molecule has 0 spiro atoms. The van der Waals surface area contributed by atoms with Crippen molar-refractivity contribution in [3.8, 4) is 0 Å². The number of nitrogens with zero attached hydrogens (tertiary/aromatic N) is 1. The van der Waals surface area contributed by atoms with E-state index in [1.807, 2.05) is 30.3 Å². The van der Waals surface area contributed by atoms with Gasteiger partial charge in [-0.1, -0.05) is 18.2 Å². The van der Waals surface area contributed by atoms with Gasteiger partial charge < -0.3 is 15.2 Å². The molecule has 1 aromatic rings. The third-order valence-corrected chi connectivity index (χ3v) is 2.48. The largest absolute Gasteiger partial charge is 0.386 e. The fraction of sp³-hybridized carbons (Fsp3) is 0.417. The molecule has 0 unspecified atom stereocenters. The summed E-state index contributed by atoms with van der Waals surface area (Å²) in [6.45, 7) is -0.250. The van der Waals surface area contributed by atoms with E-state index in [1.165, 1.54) is 0 Å². The summed E-state index contributed by atoms with van der Waals surface area (Å²) < 4.78 is 0. The molecule has 6 nitrogen and oxygen atoms in total. The van der Waals surface area contributed by atoms with E-state index < -0.39 is 17.1 Å². The van der Waals surface area contributed by atoms with Crippen molar-refractivity contribution in [2.75, 3.05) is 11.9 Å². The van der Waals surface area contributed by atoms with Crippen molar-refractivity contribution in [3.05, 3.63) is 40.4 Å². The molecular weight excluding hydrogens is 236 g/mol. The predicted molar refractivity (Wildman–Crippen MR) is 67.0 cm³/mol. The first-order valence-corrected chi connectivity index (χ1v) is 5.68. The Labute approximate surface area is 105 Å². The zero-order valence-electron chi connectivity index (χ0n) is 9.86. The number of aliphatic hydroxyl groups is 1. The summed E-state index contributed by atoms with van der Waals surface area (Å²) in [6, 6.07) is 8.71. The van der Waals surface area contributed by atoms with Gasteiger partial charge in [-0.25, -0.2) is 0 Å². The van der Waals surface area contributed by atoms with Crippen LogP contribution in [0, 0.1) is 10.1 Å². The van der Waals surface area contributed by atoms with Gasteiger partial charge in [0.2, 0.25) is 6.54 Å². The minimum absolute atomic E-state index is 0.210. The summed E-state index contributed by atoms with van der Waals surface area (Å²) in [5.74, 6) is 0. The molecule has 18 heavy (non-hydrogen) atoms. The SMILES string of the molecule is O=C[C@H](O)CC[C@H](C[N+](=O)[O-])Nc1ccccc1. The molecular formula is C12H16N2O4. The number of rotatable bonds is 8. The monoisotopic (exact) mass is 252 g/mol. The van der Waals surface area contributed by atoms with E-state index in [2.05, 4.69) is 5.32 Å². The predicted octanol–water partition coefficient (Wildman–Crippen LogP) is 1.08. The number of nitrogens with one attached hydrogen (secondary N) is 1. The summed E-state index contributed by atoms with van der Waals surface area (Å²) >= 11 is 0. The summed E-state index contributed by atoms with van der Waals surface area (Å²) in [7, 11) is 0. The summed E-state index contributed by atoms with van der Waals surface area (Å²) in [5.41, 5.74) is 0.782. The topological polar surface area (TPSA) is 92.5 Å². The number of aldehydes is 1. The van der Waals surface area contributed by atoms with Crippen molar-refractivity contribution >= 4 is 12.0 Å². The highest BCUT2D eigenvalue weighted by molar-refractivity contribution is 5.55. The maximum Gasteiger partial charge on any atom is 0.223 e. The molecule has 0 radical (unpaired) electrons. The molecule has 0 bridgehead atoms. The van der Waals surface area contributed by atoms with Crippen LogP contribution in [0.5, 0.6) is 0 Å². The lowest BCUT2D eigenvalue weighted by Crippen LogP contribution is -2.29. The van der Waals surface area contributed by atoms with Crippen molar-refractivity contribution in [3.63, 3.8) is 0 Å². The molecule has 0 heterocycles. The second-order valence-electron chi connectivity index (χ2n) is 4.00. The molecule has 0 saturated heterocycles. The van der Waals surface area contributed by atoms with Crippen LogP contribution in [0.1, 0.15) is 12.8 Å². The van der Waals surface area contributed by atoms with Crippen LogP contribution in [0.3, 0.4) is 0 Å². The highest BCUT2D eigenvalue weighted by Gasteiger charge is 2.16. The highest BCUT2D eigenvalue weighted by atomic mass is 16.6. The fourth-order valence-electron chi connectivity index (χ4n) is 1.60. The van der Waals surface area contributed by atoms with Crippen molar-refractivity contribution < 1.29 is 14.8 Å². The van der Waals surface area contributed by atoms with E-state index in [0.717, 1.165) is 5.69 Å². The number of hydrogen-bond acceptors (Lipinski definition) is 5. The van der Waals surface area contributed by atoms with E-state index in [9.17, 15) is 14.9 Å². The van der Waals surface area contributed by atoms with Crippen molar-refractivity contribution in [1.29, 1.82) is 0 Å². The Balaban J connectivity index is 2.55. The standard InChI is InChI=1S/C12H16N2O4/c15-9-12(16)7-6-11(8-14(17)18)13-10-4-2-1-3-5-10/h1-5,9,11-13,16H,6-8H2/t11-,12-/m1/s1. The summed E-state index contributed by atoms with van der Waals surface area (Å²) in [4.78, 5) is 20.4. The number of hydrogen-bond donors (Lipinski definition) is 2. The second-order valence-corrected chi connectivity index (χ2v) is 4.00. The molecule has 0 aliphatic heterocycles. The number of anilines is 1. The van der Waals surface area contributed by atoms with Crippen molar-refractivity contribution in [2.24, 2.45) is 0 Å². The summed E-state index contributed by atoms with van der Waals surface area (Å²) in [5, 5.41) is 22.7. The average Bonchev–Trinajstić information content (AvgIpc) is 2.36. The van der Waals surface area contributed by atoms with Crippen LogP contribution in [0.4, 0.5) is 5.69 Å². The molecule has 1 aromatic carbocycles. The minimum atomic E-state index is -1.06. The van der Waals surface area contributed by atoms with Gasteiger partial charge in [-0.3, -0.25) is 10.1 Å². The second kappa shape index (κ2) is 7.39. The van der Waals surface area contributed by atoms with Gasteiger partial charge in [-0.15, -0.1) is 0 Å². The molecule has 6 heteroatoms. The number of benzene rings is 1. The van der Waals surface area contributed by atoms with Gasteiger partial charge in [0.25, 0.3) is 0 Å². The van der Waals surface area contributed by atoms with Crippen molar-refractivity contribution in [2.45, 2.75) is 25.0 Å². The normalized spacial score (nSPS) is 13.6. The van der Waals surface area contributed by atoms with Crippen LogP contribution in [0.2, 0.25) is 0 Å². The van der Waals surface area contributed by atoms with Gasteiger partial charge in [0.05, 0.1) is 6.04 Å². The Morgan fingerprint density at radius 1 is 1.33 bits per heavy atom. The zero-order valence-corrected chi connectivity index (χ0v) is 9.86. The average molecular weight is 252 g/mol. The van der Waals surface area contributed by atoms with E-state index >= 15 is 0 Å². The lowest BCUT2D eigenvalue weighted by atomic mass is 10.1. The third-order valence-electron chi connectivity index (χ3n) is 2.48. The molecule has 2 N–H and O–H groups in total. The molecule has 98 valence electrons. The number of para-hydroxylation sites is 1. The Bertz CT molecular complexity index is 383. The van der Waals surface area contributed by atoms with Crippen LogP contribution in [0.15, 0.2) is 30.3 Å². The van der Waals surface area contributed by atoms with E-state index in [-0.39, 0.29) is 13.0 Å². The lowest BCUT2D eigenvalue weighted by molar-refractivity contribution is -0.481. The molecule has 0 saturated carbocycles. The number of carbonyl (C=O) groups excluding carboxylic acids is 1. The molecule has 0 amide bonds. The number of aliphatic hydroxyl groups excluding tert-OH is 1. The summed E-state index contributed by atoms with van der Waals surface area (Å²) in [6.07, 6.45) is -0.0552. The number of nitro groups is 1. The maximum absolute atomic E-state index is 10.5. The van der Waals surface area contributed by atoms with Crippen LogP contribution >= 0.6 is 0 Å².